The van der Waals surface area contributed by atoms with Crippen LogP contribution in [0.3, 0.4) is 0 Å². The number of nitrogens with zero attached hydrogens (tertiary/aromatic N) is 3. The molecule has 2 N–H and O–H groups in total. The Morgan fingerprint density at radius 2 is 2.06 bits per heavy atom. The van der Waals surface area contributed by atoms with Crippen LogP contribution < -0.4 is 10.1 Å². The molecule has 0 radical (unpaired) electrons. The van der Waals surface area contributed by atoms with Gasteiger partial charge in [-0.3, -0.25) is 0 Å². The van der Waals surface area contributed by atoms with Crippen molar-refractivity contribution < 1.29 is 9.84 Å². The fourth-order valence-electron chi connectivity index (χ4n) is 1.29. The Kier molecular flexibility index (Phi) is 5.55. The van der Waals surface area contributed by atoms with E-state index in [2.05, 4.69) is 20.3 Å². The third-order valence-corrected chi connectivity index (χ3v) is 2.38. The van der Waals surface area contributed by atoms with Gasteiger partial charge in [0.2, 0.25) is 11.2 Å². The number of halogens is 1. The zero-order chi connectivity index (χ0) is 13.6. The van der Waals surface area contributed by atoms with Crippen LogP contribution in [0.4, 0.5) is 5.95 Å². The van der Waals surface area contributed by atoms with E-state index in [1.54, 1.807) is 0 Å². The van der Waals surface area contributed by atoms with Crippen molar-refractivity contribution in [2.75, 3.05) is 18.5 Å². The van der Waals surface area contributed by atoms with Crippen LogP contribution >= 0.6 is 11.6 Å². The summed E-state index contributed by atoms with van der Waals surface area (Å²) in [6, 6.07) is 0.208. The third-order valence-electron chi connectivity index (χ3n) is 2.21. The summed E-state index contributed by atoms with van der Waals surface area (Å²) in [5.41, 5.74) is -0.332. The minimum Gasteiger partial charge on any atom is -0.463 e. The monoisotopic (exact) mass is 274 g/mol. The molecule has 1 heterocycles. The van der Waals surface area contributed by atoms with E-state index in [4.69, 9.17) is 21.4 Å². The molecular formula is C11H19ClN4O2. The molecule has 0 aliphatic heterocycles. The predicted molar refractivity (Wildman–Crippen MR) is 70.0 cm³/mol. The molecule has 1 aromatic heterocycles. The lowest BCUT2D eigenvalue weighted by Crippen LogP contribution is -2.33. The summed E-state index contributed by atoms with van der Waals surface area (Å²) >= 11 is 5.80. The standard InChI is InChI=1S/C11H19ClN4O2/c1-4-7-18-10-14-8(12)13-9(15-10)16-11(2,3)5-6-17/h17H,4-7H2,1-3H3,(H,13,14,15,16). The van der Waals surface area contributed by atoms with Gasteiger partial charge in [0.05, 0.1) is 6.61 Å². The Balaban J connectivity index is 2.79. The average Bonchev–Trinajstić information content (AvgIpc) is 2.24. The van der Waals surface area contributed by atoms with E-state index in [0.29, 0.717) is 19.0 Å². The number of anilines is 1. The van der Waals surface area contributed by atoms with Gasteiger partial charge in [-0.2, -0.15) is 15.0 Å². The third kappa shape index (κ3) is 5.01. The maximum Gasteiger partial charge on any atom is 0.322 e. The lowest BCUT2D eigenvalue weighted by atomic mass is 10.0. The normalized spacial score (nSPS) is 11.4. The smallest absolute Gasteiger partial charge is 0.322 e. The fraction of sp³-hybridized carbons (Fsp3) is 0.727. The van der Waals surface area contributed by atoms with Gasteiger partial charge in [-0.05, 0) is 38.3 Å². The Hall–Kier alpha value is -1.14. The largest absolute Gasteiger partial charge is 0.463 e. The van der Waals surface area contributed by atoms with Gasteiger partial charge in [0.25, 0.3) is 0 Å². The topological polar surface area (TPSA) is 80.2 Å². The molecule has 0 aromatic carbocycles. The maximum absolute atomic E-state index is 8.96. The van der Waals surface area contributed by atoms with Crippen molar-refractivity contribution in [2.24, 2.45) is 0 Å². The van der Waals surface area contributed by atoms with Crippen molar-refractivity contribution in [3.05, 3.63) is 5.28 Å². The molecular weight excluding hydrogens is 256 g/mol. The molecule has 0 atom stereocenters. The van der Waals surface area contributed by atoms with E-state index < -0.39 is 0 Å². The number of rotatable bonds is 7. The van der Waals surface area contributed by atoms with Gasteiger partial charge in [-0.25, -0.2) is 0 Å². The molecule has 6 nitrogen and oxygen atoms in total. The molecule has 0 amide bonds. The first-order valence-corrected chi connectivity index (χ1v) is 6.28. The Morgan fingerprint density at radius 3 is 2.67 bits per heavy atom. The van der Waals surface area contributed by atoms with Gasteiger partial charge in [0.15, 0.2) is 0 Å². The van der Waals surface area contributed by atoms with Gasteiger partial charge in [0, 0.05) is 12.1 Å². The van der Waals surface area contributed by atoms with Gasteiger partial charge < -0.3 is 15.2 Å². The Morgan fingerprint density at radius 1 is 1.33 bits per heavy atom. The first kappa shape index (κ1) is 14.9. The lowest BCUT2D eigenvalue weighted by molar-refractivity contribution is 0.260. The molecule has 0 aliphatic carbocycles. The van der Waals surface area contributed by atoms with Gasteiger partial charge in [-0.1, -0.05) is 6.92 Å². The molecule has 0 saturated carbocycles. The van der Waals surface area contributed by atoms with Crippen molar-refractivity contribution in [3.8, 4) is 6.01 Å². The van der Waals surface area contributed by atoms with E-state index in [0.717, 1.165) is 6.42 Å². The Bertz CT molecular complexity index is 387. The zero-order valence-corrected chi connectivity index (χ0v) is 11.7. The summed E-state index contributed by atoms with van der Waals surface area (Å²) in [4.78, 5) is 12.0. The highest BCUT2D eigenvalue weighted by Gasteiger charge is 2.19. The predicted octanol–water partition coefficient (Wildman–Crippen LogP) is 1.89. The first-order chi connectivity index (χ1) is 8.46. The molecule has 0 saturated heterocycles. The second-order valence-electron chi connectivity index (χ2n) is 4.54. The summed E-state index contributed by atoms with van der Waals surface area (Å²) in [7, 11) is 0. The second-order valence-corrected chi connectivity index (χ2v) is 4.88. The van der Waals surface area contributed by atoms with Gasteiger partial charge in [0.1, 0.15) is 0 Å². The molecule has 7 heteroatoms. The highest BCUT2D eigenvalue weighted by molar-refractivity contribution is 6.28. The number of hydrogen-bond acceptors (Lipinski definition) is 6. The molecule has 0 fully saturated rings. The summed E-state index contributed by atoms with van der Waals surface area (Å²) in [6.07, 6.45) is 1.43. The molecule has 1 aromatic rings. The van der Waals surface area contributed by atoms with E-state index >= 15 is 0 Å². The van der Waals surface area contributed by atoms with Crippen LogP contribution in [0.5, 0.6) is 6.01 Å². The molecule has 0 spiro atoms. The van der Waals surface area contributed by atoms with Crippen LogP contribution in [0.15, 0.2) is 0 Å². The van der Waals surface area contributed by atoms with E-state index in [-0.39, 0.29) is 23.4 Å². The average molecular weight is 275 g/mol. The zero-order valence-electron chi connectivity index (χ0n) is 10.9. The first-order valence-electron chi connectivity index (χ1n) is 5.90. The van der Waals surface area contributed by atoms with Gasteiger partial charge >= 0.3 is 6.01 Å². The molecule has 1 rings (SSSR count). The molecule has 102 valence electrons. The van der Waals surface area contributed by atoms with Crippen LogP contribution in [0.2, 0.25) is 5.28 Å². The van der Waals surface area contributed by atoms with Crippen LogP contribution in [0.25, 0.3) is 0 Å². The lowest BCUT2D eigenvalue weighted by Gasteiger charge is -2.25. The highest BCUT2D eigenvalue weighted by atomic mass is 35.5. The molecule has 0 bridgehead atoms. The van der Waals surface area contributed by atoms with Crippen LogP contribution in [-0.2, 0) is 0 Å². The van der Waals surface area contributed by atoms with Crippen LogP contribution in [0.1, 0.15) is 33.6 Å². The van der Waals surface area contributed by atoms with Crippen LogP contribution in [0, 0.1) is 0 Å². The summed E-state index contributed by atoms with van der Waals surface area (Å²) < 4.78 is 5.32. The van der Waals surface area contributed by atoms with E-state index in [9.17, 15) is 0 Å². The molecule has 0 aliphatic rings. The number of aliphatic hydroxyl groups excluding tert-OH is 1. The summed E-state index contributed by atoms with van der Waals surface area (Å²) in [5, 5.41) is 12.1. The quantitative estimate of drug-likeness (QED) is 0.790. The van der Waals surface area contributed by atoms with E-state index in [1.807, 2.05) is 20.8 Å². The molecule has 0 unspecified atom stereocenters. The van der Waals surface area contributed by atoms with Crippen molar-refractivity contribution in [1.29, 1.82) is 0 Å². The van der Waals surface area contributed by atoms with Crippen LogP contribution in [-0.4, -0.2) is 38.8 Å². The van der Waals surface area contributed by atoms with Crippen molar-refractivity contribution in [1.82, 2.24) is 15.0 Å². The molecule has 18 heavy (non-hydrogen) atoms. The summed E-state index contributed by atoms with van der Waals surface area (Å²) in [6.45, 7) is 6.48. The van der Waals surface area contributed by atoms with Gasteiger partial charge in [-0.15, -0.1) is 0 Å². The number of aliphatic hydroxyl groups is 1. The summed E-state index contributed by atoms with van der Waals surface area (Å²) in [5.74, 6) is 0.347. The van der Waals surface area contributed by atoms with Crippen molar-refractivity contribution in [2.45, 2.75) is 39.2 Å². The Labute approximate surface area is 112 Å². The minimum atomic E-state index is -0.332. The number of ether oxygens (including phenoxy) is 1. The number of aromatic nitrogens is 3. The minimum absolute atomic E-state index is 0.0814. The van der Waals surface area contributed by atoms with Crippen molar-refractivity contribution in [3.63, 3.8) is 0 Å². The van der Waals surface area contributed by atoms with E-state index in [1.165, 1.54) is 0 Å². The van der Waals surface area contributed by atoms with Crippen molar-refractivity contribution >= 4 is 17.5 Å². The maximum atomic E-state index is 8.96. The highest BCUT2D eigenvalue weighted by Crippen LogP contribution is 2.17. The fourth-order valence-corrected chi connectivity index (χ4v) is 1.44. The number of hydrogen-bond donors (Lipinski definition) is 2. The SMILES string of the molecule is CCCOc1nc(Cl)nc(NC(C)(C)CCO)n1. The second kappa shape index (κ2) is 6.70. The number of nitrogens with one attached hydrogen (secondary N) is 1.